The highest BCUT2D eigenvalue weighted by atomic mass is 79.9. The molecule has 30 heavy (non-hydrogen) atoms. The van der Waals surface area contributed by atoms with Crippen LogP contribution >= 0.6 is 27.7 Å². The van der Waals surface area contributed by atoms with Gasteiger partial charge in [0.25, 0.3) is 5.91 Å². The molecule has 4 nitrogen and oxygen atoms in total. The van der Waals surface area contributed by atoms with E-state index in [1.807, 2.05) is 31.4 Å². The van der Waals surface area contributed by atoms with Gasteiger partial charge in [-0.2, -0.15) is 11.8 Å². The van der Waals surface area contributed by atoms with E-state index in [1.54, 1.807) is 17.8 Å². The highest BCUT2D eigenvalue weighted by Gasteiger charge is 2.24. The average molecular weight is 489 g/mol. The lowest BCUT2D eigenvalue weighted by atomic mass is 9.89. The summed E-state index contributed by atoms with van der Waals surface area (Å²) in [5, 5.41) is 6.03. The Balaban J connectivity index is 1.68. The topological polar surface area (TPSA) is 58.2 Å². The normalized spacial score (nSPS) is 15.0. The van der Waals surface area contributed by atoms with E-state index in [0.29, 0.717) is 16.5 Å². The Hall–Kier alpha value is -1.79. The van der Waals surface area contributed by atoms with Gasteiger partial charge in [-0.3, -0.25) is 9.59 Å². The van der Waals surface area contributed by atoms with E-state index < -0.39 is 6.04 Å². The van der Waals surface area contributed by atoms with Gasteiger partial charge in [0.1, 0.15) is 6.04 Å². The molecule has 0 heterocycles. The summed E-state index contributed by atoms with van der Waals surface area (Å²) in [4.78, 5) is 25.8. The maximum atomic E-state index is 13.0. The Morgan fingerprint density at radius 3 is 2.53 bits per heavy atom. The highest BCUT2D eigenvalue weighted by Crippen LogP contribution is 2.25. The number of hydrogen-bond acceptors (Lipinski definition) is 3. The molecule has 2 aromatic carbocycles. The van der Waals surface area contributed by atoms with Gasteiger partial charge in [0.15, 0.2) is 0 Å². The van der Waals surface area contributed by atoms with E-state index in [4.69, 9.17) is 0 Å². The number of hydrogen-bond donors (Lipinski definition) is 2. The van der Waals surface area contributed by atoms with E-state index in [9.17, 15) is 9.59 Å². The van der Waals surface area contributed by atoms with Gasteiger partial charge >= 0.3 is 0 Å². The summed E-state index contributed by atoms with van der Waals surface area (Å²) in [6.07, 6.45) is 7.33. The van der Waals surface area contributed by atoms with Crippen LogP contribution in [-0.4, -0.2) is 29.9 Å². The van der Waals surface area contributed by atoms with Crippen molar-refractivity contribution >= 4 is 39.5 Å². The number of rotatable bonds is 8. The van der Waals surface area contributed by atoms with Gasteiger partial charge in [0.05, 0.1) is 11.6 Å². The molecule has 0 bridgehead atoms. The fourth-order valence-corrected chi connectivity index (χ4v) is 4.74. The largest absolute Gasteiger partial charge is 0.348 e. The molecule has 0 fully saturated rings. The number of thioether (sulfide) groups is 1. The second-order valence-electron chi connectivity index (χ2n) is 7.75. The zero-order chi connectivity index (χ0) is 21.5. The first-order valence-corrected chi connectivity index (χ1v) is 12.6. The fraction of sp³-hybridized carbons (Fsp3) is 0.417. The van der Waals surface area contributed by atoms with Gasteiger partial charge in [-0.25, -0.2) is 0 Å². The molecule has 0 saturated heterocycles. The van der Waals surface area contributed by atoms with Crippen molar-refractivity contribution in [3.63, 3.8) is 0 Å². The molecule has 0 unspecified atom stereocenters. The maximum absolute atomic E-state index is 13.0. The molecule has 0 aliphatic heterocycles. The van der Waals surface area contributed by atoms with Crippen molar-refractivity contribution in [2.75, 3.05) is 12.0 Å². The second kappa shape index (κ2) is 11.0. The Morgan fingerprint density at radius 1 is 1.07 bits per heavy atom. The van der Waals surface area contributed by atoms with Crippen LogP contribution in [0, 0.1) is 0 Å². The van der Waals surface area contributed by atoms with Crippen molar-refractivity contribution in [3.8, 4) is 0 Å². The number of carbonyl (C=O) groups excluding carboxylic acids is 2. The number of fused-ring (bicyclic) bond motifs is 1. The van der Waals surface area contributed by atoms with Crippen LogP contribution < -0.4 is 10.6 Å². The zero-order valence-electron chi connectivity index (χ0n) is 17.5. The van der Waals surface area contributed by atoms with Gasteiger partial charge in [0, 0.05) is 4.47 Å². The summed E-state index contributed by atoms with van der Waals surface area (Å²) in [5.41, 5.74) is 4.48. The van der Waals surface area contributed by atoms with Crippen LogP contribution in [0.2, 0.25) is 0 Å². The number of carbonyl (C=O) groups is 2. The maximum Gasteiger partial charge on any atom is 0.253 e. The minimum atomic E-state index is -0.572. The van der Waals surface area contributed by atoms with Crippen molar-refractivity contribution in [1.82, 2.24) is 10.6 Å². The third-order valence-electron chi connectivity index (χ3n) is 5.58. The molecule has 2 atom stereocenters. The first kappa shape index (κ1) is 22.9. The monoisotopic (exact) mass is 488 g/mol. The third kappa shape index (κ3) is 5.88. The standard InChI is InChI=1S/C24H29BrN2O2S/c1-16(18-12-11-17-7-3-4-8-19(17)15-18)26-24(29)22(13-14-30-2)27-23(28)20-9-5-6-10-21(20)25/h5-6,9-12,15-16,22H,3-4,7-8,13-14H2,1-2H3,(H,26,29)(H,27,28)/t16-,22+/m1/s1. The van der Waals surface area contributed by atoms with Crippen LogP contribution in [0.4, 0.5) is 0 Å². The highest BCUT2D eigenvalue weighted by molar-refractivity contribution is 9.10. The lowest BCUT2D eigenvalue weighted by Gasteiger charge is -2.23. The van der Waals surface area contributed by atoms with Gasteiger partial charge in [0.2, 0.25) is 5.91 Å². The molecule has 2 amide bonds. The Labute approximate surface area is 191 Å². The number of amides is 2. The van der Waals surface area contributed by atoms with E-state index >= 15 is 0 Å². The Morgan fingerprint density at radius 2 is 1.80 bits per heavy atom. The molecule has 0 spiro atoms. The van der Waals surface area contributed by atoms with Crippen LogP contribution in [-0.2, 0) is 17.6 Å². The van der Waals surface area contributed by atoms with Gasteiger partial charge in [-0.1, -0.05) is 30.3 Å². The lowest BCUT2D eigenvalue weighted by Crippen LogP contribution is -2.47. The quantitative estimate of drug-likeness (QED) is 0.545. The van der Waals surface area contributed by atoms with Crippen molar-refractivity contribution in [2.45, 2.75) is 51.1 Å². The molecule has 1 aliphatic rings. The summed E-state index contributed by atoms with van der Waals surface area (Å²) in [6, 6.07) is 13.1. The molecule has 2 N–H and O–H groups in total. The first-order chi connectivity index (χ1) is 14.5. The van der Waals surface area contributed by atoms with Crippen LogP contribution in [0.3, 0.4) is 0 Å². The molecule has 6 heteroatoms. The van der Waals surface area contributed by atoms with Crippen molar-refractivity contribution < 1.29 is 9.59 Å². The van der Waals surface area contributed by atoms with Crippen molar-refractivity contribution in [2.24, 2.45) is 0 Å². The van der Waals surface area contributed by atoms with E-state index in [1.165, 1.54) is 24.0 Å². The van der Waals surface area contributed by atoms with Crippen LogP contribution in [0.5, 0.6) is 0 Å². The van der Waals surface area contributed by atoms with E-state index in [0.717, 1.165) is 24.2 Å². The number of benzene rings is 2. The van der Waals surface area contributed by atoms with Crippen molar-refractivity contribution in [1.29, 1.82) is 0 Å². The molecule has 0 aromatic heterocycles. The summed E-state index contributed by atoms with van der Waals surface area (Å²) < 4.78 is 0.717. The number of nitrogens with one attached hydrogen (secondary N) is 2. The summed E-state index contributed by atoms with van der Waals surface area (Å²) in [6.45, 7) is 2.00. The third-order valence-corrected chi connectivity index (χ3v) is 6.92. The molecule has 1 aliphatic carbocycles. The zero-order valence-corrected chi connectivity index (χ0v) is 19.9. The predicted molar refractivity (Wildman–Crippen MR) is 128 cm³/mol. The Kier molecular flexibility index (Phi) is 8.40. The second-order valence-corrected chi connectivity index (χ2v) is 9.59. The van der Waals surface area contributed by atoms with Crippen molar-refractivity contribution in [3.05, 3.63) is 69.2 Å². The van der Waals surface area contributed by atoms with Crippen LogP contribution in [0.15, 0.2) is 46.9 Å². The number of aryl methyl sites for hydroxylation is 2. The molecular formula is C24H29BrN2O2S. The average Bonchev–Trinajstić information content (AvgIpc) is 2.76. The van der Waals surface area contributed by atoms with Crippen LogP contribution in [0.25, 0.3) is 0 Å². The van der Waals surface area contributed by atoms with Gasteiger partial charge < -0.3 is 10.6 Å². The molecular weight excluding hydrogens is 460 g/mol. The van der Waals surface area contributed by atoms with E-state index in [-0.39, 0.29) is 17.9 Å². The fourth-order valence-electron chi connectivity index (χ4n) is 3.81. The lowest BCUT2D eigenvalue weighted by molar-refractivity contribution is -0.123. The summed E-state index contributed by atoms with van der Waals surface area (Å²) >= 11 is 5.08. The summed E-state index contributed by atoms with van der Waals surface area (Å²) in [5.74, 6) is 0.404. The van der Waals surface area contributed by atoms with Gasteiger partial charge in [-0.05, 0) is 95.8 Å². The minimum Gasteiger partial charge on any atom is -0.348 e. The van der Waals surface area contributed by atoms with E-state index in [2.05, 4.69) is 44.8 Å². The molecule has 0 radical (unpaired) electrons. The predicted octanol–water partition coefficient (Wildman–Crippen LogP) is 5.06. The Bertz CT molecular complexity index is 903. The van der Waals surface area contributed by atoms with Gasteiger partial charge in [-0.15, -0.1) is 0 Å². The molecule has 160 valence electrons. The molecule has 2 aromatic rings. The molecule has 3 rings (SSSR count). The summed E-state index contributed by atoms with van der Waals surface area (Å²) in [7, 11) is 0. The van der Waals surface area contributed by atoms with Crippen LogP contribution in [0.1, 0.15) is 59.3 Å². The molecule has 0 saturated carbocycles. The smallest absolute Gasteiger partial charge is 0.253 e. The number of halogens is 1. The minimum absolute atomic E-state index is 0.109. The SMILES string of the molecule is CSCC[C@H](NC(=O)c1ccccc1Br)C(=O)N[C@H](C)c1ccc2c(c1)CCCC2. The first-order valence-electron chi connectivity index (χ1n) is 10.5.